The van der Waals surface area contributed by atoms with E-state index in [1.165, 1.54) is 0 Å². The second-order valence-corrected chi connectivity index (χ2v) is 5.23. The van der Waals surface area contributed by atoms with Gasteiger partial charge in [-0.25, -0.2) is 0 Å². The Kier molecular flexibility index (Phi) is 3.40. The van der Waals surface area contributed by atoms with Crippen LogP contribution in [0.25, 0.3) is 10.8 Å². The lowest BCUT2D eigenvalue weighted by Gasteiger charge is -2.09. The fourth-order valence-electron chi connectivity index (χ4n) is 2.56. The van der Waals surface area contributed by atoms with Gasteiger partial charge in [0.25, 0.3) is 5.91 Å². The van der Waals surface area contributed by atoms with Crippen molar-refractivity contribution in [1.82, 2.24) is 4.98 Å². The molecule has 0 saturated carbocycles. The van der Waals surface area contributed by atoms with Crippen molar-refractivity contribution in [2.45, 2.75) is 13.8 Å². The minimum atomic E-state index is -0.112. The van der Waals surface area contributed by atoms with Gasteiger partial charge in [0, 0.05) is 29.0 Å². The molecule has 1 N–H and O–H groups in total. The number of fused-ring (bicyclic) bond motifs is 1. The van der Waals surface area contributed by atoms with Gasteiger partial charge in [-0.05, 0) is 54.6 Å². The maximum Gasteiger partial charge on any atom is 0.256 e. The first kappa shape index (κ1) is 13.3. The minimum Gasteiger partial charge on any atom is -0.322 e. The molecule has 3 nitrogen and oxygen atoms in total. The Hall–Kier alpha value is -2.68. The molecule has 3 aromatic rings. The van der Waals surface area contributed by atoms with Crippen molar-refractivity contribution >= 4 is 22.4 Å². The summed E-state index contributed by atoms with van der Waals surface area (Å²) in [5, 5.41) is 4.84. The maximum absolute atomic E-state index is 12.5. The summed E-state index contributed by atoms with van der Waals surface area (Å²) < 4.78 is 0. The zero-order chi connectivity index (χ0) is 14.8. The molecule has 0 aliphatic heterocycles. The molecule has 0 radical (unpaired) electrons. The molecule has 0 atom stereocenters. The SMILES string of the molecule is Cc1cc(C)cc(NC(=O)c2cccc3ccncc23)c1. The van der Waals surface area contributed by atoms with Gasteiger partial charge in [-0.2, -0.15) is 0 Å². The molecule has 104 valence electrons. The molecule has 0 unspecified atom stereocenters. The standard InChI is InChI=1S/C18H16N2O/c1-12-8-13(2)10-15(9-12)20-18(21)16-5-3-4-14-6-7-19-11-17(14)16/h3-11H,1-2H3,(H,20,21). The van der Waals surface area contributed by atoms with Crippen LogP contribution in [-0.4, -0.2) is 10.9 Å². The van der Waals surface area contributed by atoms with Crippen molar-refractivity contribution in [3.63, 3.8) is 0 Å². The minimum absolute atomic E-state index is 0.112. The lowest BCUT2D eigenvalue weighted by molar-refractivity contribution is 0.102. The zero-order valence-corrected chi connectivity index (χ0v) is 12.1. The Bertz CT molecular complexity index is 799. The summed E-state index contributed by atoms with van der Waals surface area (Å²) in [6, 6.07) is 13.6. The number of carbonyl (C=O) groups excluding carboxylic acids is 1. The number of pyridine rings is 1. The smallest absolute Gasteiger partial charge is 0.256 e. The third-order valence-electron chi connectivity index (χ3n) is 3.41. The number of hydrogen-bond donors (Lipinski definition) is 1. The first-order chi connectivity index (χ1) is 10.1. The summed E-state index contributed by atoms with van der Waals surface area (Å²) in [5.74, 6) is -0.112. The summed E-state index contributed by atoms with van der Waals surface area (Å²) in [4.78, 5) is 16.6. The molecule has 0 aliphatic carbocycles. The molecule has 0 aliphatic rings. The summed E-state index contributed by atoms with van der Waals surface area (Å²) in [6.07, 6.45) is 3.46. The van der Waals surface area contributed by atoms with Crippen LogP contribution < -0.4 is 5.32 Å². The molecule has 0 saturated heterocycles. The number of aryl methyl sites for hydroxylation is 2. The normalized spacial score (nSPS) is 10.6. The van der Waals surface area contributed by atoms with Crippen molar-refractivity contribution in [2.75, 3.05) is 5.32 Å². The van der Waals surface area contributed by atoms with Crippen LogP contribution in [0.4, 0.5) is 5.69 Å². The summed E-state index contributed by atoms with van der Waals surface area (Å²) >= 11 is 0. The second-order valence-electron chi connectivity index (χ2n) is 5.23. The van der Waals surface area contributed by atoms with Crippen molar-refractivity contribution in [3.05, 3.63) is 71.5 Å². The number of hydrogen-bond acceptors (Lipinski definition) is 2. The zero-order valence-electron chi connectivity index (χ0n) is 12.1. The highest BCUT2D eigenvalue weighted by molar-refractivity contribution is 6.12. The van der Waals surface area contributed by atoms with Crippen LogP contribution in [0, 0.1) is 13.8 Å². The summed E-state index contributed by atoms with van der Waals surface area (Å²) in [6.45, 7) is 4.04. The molecule has 0 spiro atoms. The molecule has 1 amide bonds. The number of nitrogens with zero attached hydrogens (tertiary/aromatic N) is 1. The van der Waals surface area contributed by atoms with Crippen LogP contribution in [0.5, 0.6) is 0 Å². The lowest BCUT2D eigenvalue weighted by atomic mass is 10.1. The quantitative estimate of drug-likeness (QED) is 0.765. The van der Waals surface area contributed by atoms with Gasteiger partial charge < -0.3 is 5.32 Å². The number of rotatable bonds is 2. The van der Waals surface area contributed by atoms with Crippen molar-refractivity contribution in [2.24, 2.45) is 0 Å². The average molecular weight is 276 g/mol. The molecule has 3 heteroatoms. The molecule has 0 bridgehead atoms. The number of benzene rings is 2. The van der Waals surface area contributed by atoms with Crippen LogP contribution in [0.1, 0.15) is 21.5 Å². The van der Waals surface area contributed by atoms with E-state index in [2.05, 4.69) is 16.4 Å². The molecule has 2 aromatic carbocycles. The van der Waals surface area contributed by atoms with Crippen molar-refractivity contribution in [1.29, 1.82) is 0 Å². The predicted molar refractivity (Wildman–Crippen MR) is 85.6 cm³/mol. The van der Waals surface area contributed by atoms with Gasteiger partial charge in [-0.1, -0.05) is 18.2 Å². The molecular formula is C18H16N2O. The first-order valence-electron chi connectivity index (χ1n) is 6.86. The molecular weight excluding hydrogens is 260 g/mol. The van der Waals surface area contributed by atoms with Gasteiger partial charge in [0.05, 0.1) is 0 Å². The van der Waals surface area contributed by atoms with E-state index in [-0.39, 0.29) is 5.91 Å². The van der Waals surface area contributed by atoms with Gasteiger partial charge >= 0.3 is 0 Å². The molecule has 3 rings (SSSR count). The highest BCUT2D eigenvalue weighted by atomic mass is 16.1. The first-order valence-corrected chi connectivity index (χ1v) is 6.86. The van der Waals surface area contributed by atoms with Crippen molar-refractivity contribution < 1.29 is 4.79 Å². The van der Waals surface area contributed by atoms with Crippen LogP contribution >= 0.6 is 0 Å². The number of anilines is 1. The third kappa shape index (κ3) is 2.77. The monoisotopic (exact) mass is 276 g/mol. The van der Waals surface area contributed by atoms with E-state index in [1.807, 2.05) is 50.2 Å². The Labute approximate surface area is 123 Å². The van der Waals surface area contributed by atoms with E-state index in [4.69, 9.17) is 0 Å². The van der Waals surface area contributed by atoms with Gasteiger partial charge in [0.1, 0.15) is 0 Å². The third-order valence-corrected chi connectivity index (χ3v) is 3.41. The number of amides is 1. The van der Waals surface area contributed by atoms with Crippen molar-refractivity contribution in [3.8, 4) is 0 Å². The maximum atomic E-state index is 12.5. The predicted octanol–water partition coefficient (Wildman–Crippen LogP) is 4.10. The Morgan fingerprint density at radius 1 is 1.05 bits per heavy atom. The van der Waals surface area contributed by atoms with Crippen LogP contribution in [0.3, 0.4) is 0 Å². The Balaban J connectivity index is 1.97. The van der Waals surface area contributed by atoms with Crippen LogP contribution in [0.15, 0.2) is 54.9 Å². The fourth-order valence-corrected chi connectivity index (χ4v) is 2.56. The summed E-state index contributed by atoms with van der Waals surface area (Å²) in [5.41, 5.74) is 3.72. The Morgan fingerprint density at radius 3 is 2.57 bits per heavy atom. The van der Waals surface area contributed by atoms with E-state index in [9.17, 15) is 4.79 Å². The largest absolute Gasteiger partial charge is 0.322 e. The Morgan fingerprint density at radius 2 is 1.81 bits per heavy atom. The second kappa shape index (κ2) is 5.37. The van der Waals surface area contributed by atoms with Gasteiger partial charge in [-0.15, -0.1) is 0 Å². The highest BCUT2D eigenvalue weighted by Crippen LogP contribution is 2.20. The van der Waals surface area contributed by atoms with Gasteiger partial charge in [-0.3, -0.25) is 9.78 Å². The van der Waals surface area contributed by atoms with Gasteiger partial charge in [0.15, 0.2) is 0 Å². The number of carbonyl (C=O) groups is 1. The average Bonchev–Trinajstić information content (AvgIpc) is 2.45. The van der Waals surface area contributed by atoms with E-state index >= 15 is 0 Å². The van der Waals surface area contributed by atoms with Gasteiger partial charge in [0.2, 0.25) is 0 Å². The van der Waals surface area contributed by atoms with E-state index < -0.39 is 0 Å². The number of aromatic nitrogens is 1. The molecule has 0 fully saturated rings. The van der Waals surface area contributed by atoms with E-state index in [0.29, 0.717) is 5.56 Å². The molecule has 1 aromatic heterocycles. The lowest BCUT2D eigenvalue weighted by Crippen LogP contribution is -2.12. The van der Waals surface area contributed by atoms with Crippen LogP contribution in [0.2, 0.25) is 0 Å². The topological polar surface area (TPSA) is 42.0 Å². The van der Waals surface area contributed by atoms with E-state index in [0.717, 1.165) is 27.6 Å². The fraction of sp³-hybridized carbons (Fsp3) is 0.111. The molecule has 21 heavy (non-hydrogen) atoms. The van der Waals surface area contributed by atoms with E-state index in [1.54, 1.807) is 12.4 Å². The highest BCUT2D eigenvalue weighted by Gasteiger charge is 2.10. The molecule has 1 heterocycles. The summed E-state index contributed by atoms with van der Waals surface area (Å²) in [7, 11) is 0. The van der Waals surface area contributed by atoms with Crippen LogP contribution in [-0.2, 0) is 0 Å². The number of nitrogens with one attached hydrogen (secondary N) is 1.